The maximum absolute atomic E-state index is 5.64. The van der Waals surface area contributed by atoms with E-state index in [-0.39, 0.29) is 0 Å². The van der Waals surface area contributed by atoms with Crippen LogP contribution in [0, 0.1) is 5.92 Å². The zero-order valence-corrected chi connectivity index (χ0v) is 9.55. The molecule has 0 aromatic heterocycles. The smallest absolute Gasteiger partial charge is 0.188 e. The van der Waals surface area contributed by atoms with Crippen LogP contribution in [0.4, 0.5) is 0 Å². The van der Waals surface area contributed by atoms with Crippen molar-refractivity contribution in [2.75, 3.05) is 26.8 Å². The van der Waals surface area contributed by atoms with Gasteiger partial charge in [-0.3, -0.25) is 4.99 Å². The van der Waals surface area contributed by atoms with E-state index in [0.717, 1.165) is 32.5 Å². The summed E-state index contributed by atoms with van der Waals surface area (Å²) in [6, 6.07) is 0. The predicted octanol–water partition coefficient (Wildman–Crippen LogP) is 0.973. The molecule has 0 fully saturated rings. The Morgan fingerprint density at radius 1 is 1.43 bits per heavy atom. The Morgan fingerprint density at radius 2 is 2.14 bits per heavy atom. The first-order chi connectivity index (χ1) is 6.66. The van der Waals surface area contributed by atoms with Crippen LogP contribution in [0.1, 0.15) is 26.7 Å². The molecular formula is C10H23N3O. The summed E-state index contributed by atoms with van der Waals surface area (Å²) in [5, 5.41) is 3.07. The van der Waals surface area contributed by atoms with Crippen molar-refractivity contribution in [2.24, 2.45) is 16.6 Å². The molecule has 0 aliphatic heterocycles. The molecule has 0 saturated heterocycles. The van der Waals surface area contributed by atoms with Gasteiger partial charge >= 0.3 is 0 Å². The van der Waals surface area contributed by atoms with Gasteiger partial charge in [0.15, 0.2) is 5.96 Å². The highest BCUT2D eigenvalue weighted by atomic mass is 16.5. The Kier molecular flexibility index (Phi) is 8.33. The molecule has 84 valence electrons. The maximum Gasteiger partial charge on any atom is 0.188 e. The van der Waals surface area contributed by atoms with Crippen molar-refractivity contribution in [3.05, 3.63) is 0 Å². The number of methoxy groups -OCH3 is 1. The number of nitrogens with one attached hydrogen (secondary N) is 1. The van der Waals surface area contributed by atoms with Crippen LogP contribution in [0.2, 0.25) is 0 Å². The van der Waals surface area contributed by atoms with Crippen molar-refractivity contribution in [3.63, 3.8) is 0 Å². The van der Waals surface area contributed by atoms with Crippen LogP contribution < -0.4 is 11.1 Å². The Labute approximate surface area is 86.9 Å². The van der Waals surface area contributed by atoms with E-state index in [1.165, 1.54) is 0 Å². The van der Waals surface area contributed by atoms with Crippen molar-refractivity contribution in [2.45, 2.75) is 26.7 Å². The number of unbranched alkanes of at least 4 members (excludes halogenated alkanes) is 1. The van der Waals surface area contributed by atoms with E-state index in [1.807, 2.05) is 0 Å². The van der Waals surface area contributed by atoms with Gasteiger partial charge in [0.2, 0.25) is 0 Å². The van der Waals surface area contributed by atoms with Crippen LogP contribution in [-0.2, 0) is 4.74 Å². The van der Waals surface area contributed by atoms with Crippen LogP contribution >= 0.6 is 0 Å². The van der Waals surface area contributed by atoms with Crippen molar-refractivity contribution in [1.82, 2.24) is 5.32 Å². The van der Waals surface area contributed by atoms with E-state index in [0.29, 0.717) is 11.9 Å². The molecule has 0 atom stereocenters. The molecule has 14 heavy (non-hydrogen) atoms. The fourth-order valence-electron chi connectivity index (χ4n) is 0.925. The number of nitrogens with zero attached hydrogens (tertiary/aromatic N) is 1. The van der Waals surface area contributed by atoms with E-state index in [2.05, 4.69) is 24.2 Å². The molecule has 0 aliphatic carbocycles. The first kappa shape index (κ1) is 13.2. The Bertz CT molecular complexity index is 157. The number of nitrogens with two attached hydrogens (primary N) is 1. The topological polar surface area (TPSA) is 59.6 Å². The third-order valence-electron chi connectivity index (χ3n) is 1.71. The second-order valence-electron chi connectivity index (χ2n) is 3.75. The molecule has 0 aromatic carbocycles. The Hall–Kier alpha value is -0.770. The molecule has 0 aromatic rings. The third kappa shape index (κ3) is 9.32. The average Bonchev–Trinajstić information content (AvgIpc) is 2.14. The standard InChI is InChI=1S/C10H23N3O/c1-9(2)8-13-10(11)12-6-4-5-7-14-3/h9H,4-8H2,1-3H3,(H3,11,12,13). The fraction of sp³-hybridized carbons (Fsp3) is 0.900. The lowest BCUT2D eigenvalue weighted by molar-refractivity contribution is 0.193. The third-order valence-corrected chi connectivity index (χ3v) is 1.71. The van der Waals surface area contributed by atoms with E-state index < -0.39 is 0 Å². The Balaban J connectivity index is 3.34. The van der Waals surface area contributed by atoms with Crippen molar-refractivity contribution < 1.29 is 4.74 Å². The highest BCUT2D eigenvalue weighted by molar-refractivity contribution is 5.77. The predicted molar refractivity (Wildman–Crippen MR) is 60.4 cm³/mol. The minimum absolute atomic E-state index is 0.552. The lowest BCUT2D eigenvalue weighted by Gasteiger charge is -2.06. The minimum atomic E-state index is 0.552. The van der Waals surface area contributed by atoms with Gasteiger partial charge in [-0.05, 0) is 18.8 Å². The summed E-state index contributed by atoms with van der Waals surface area (Å²) in [6.45, 7) is 6.71. The summed E-state index contributed by atoms with van der Waals surface area (Å²) < 4.78 is 4.94. The van der Waals surface area contributed by atoms with Crippen molar-refractivity contribution in [1.29, 1.82) is 0 Å². The maximum atomic E-state index is 5.64. The Morgan fingerprint density at radius 3 is 2.71 bits per heavy atom. The van der Waals surface area contributed by atoms with E-state index in [1.54, 1.807) is 7.11 Å². The number of rotatable bonds is 7. The summed E-state index contributed by atoms with van der Waals surface area (Å²) in [4.78, 5) is 4.19. The van der Waals surface area contributed by atoms with Gasteiger partial charge in [-0.15, -0.1) is 0 Å². The first-order valence-electron chi connectivity index (χ1n) is 5.19. The number of ether oxygens (including phenoxy) is 1. The zero-order chi connectivity index (χ0) is 10.8. The SMILES string of the molecule is COCCCCNC(N)=NCC(C)C. The minimum Gasteiger partial charge on any atom is -0.385 e. The van der Waals surface area contributed by atoms with Crippen molar-refractivity contribution in [3.8, 4) is 0 Å². The van der Waals surface area contributed by atoms with Gasteiger partial charge in [0.1, 0.15) is 0 Å². The average molecular weight is 201 g/mol. The largest absolute Gasteiger partial charge is 0.385 e. The van der Waals surface area contributed by atoms with Gasteiger partial charge in [0.05, 0.1) is 0 Å². The first-order valence-corrected chi connectivity index (χ1v) is 5.19. The van der Waals surface area contributed by atoms with Crippen LogP contribution in [-0.4, -0.2) is 32.8 Å². The molecule has 0 aliphatic rings. The molecule has 0 saturated carbocycles. The monoisotopic (exact) mass is 201 g/mol. The molecule has 0 radical (unpaired) electrons. The summed E-state index contributed by atoms with van der Waals surface area (Å²) in [6.07, 6.45) is 2.12. The summed E-state index contributed by atoms with van der Waals surface area (Å²) >= 11 is 0. The highest BCUT2D eigenvalue weighted by Crippen LogP contribution is 1.91. The summed E-state index contributed by atoms with van der Waals surface area (Å²) in [7, 11) is 1.71. The molecule has 4 heteroatoms. The van der Waals surface area contributed by atoms with Gasteiger partial charge in [0, 0.05) is 26.8 Å². The fourth-order valence-corrected chi connectivity index (χ4v) is 0.925. The number of hydrogen-bond donors (Lipinski definition) is 2. The van der Waals surface area contributed by atoms with Crippen LogP contribution in [0.5, 0.6) is 0 Å². The molecule has 0 heterocycles. The lowest BCUT2D eigenvalue weighted by atomic mass is 10.2. The summed E-state index contributed by atoms with van der Waals surface area (Å²) in [5.74, 6) is 1.11. The second-order valence-corrected chi connectivity index (χ2v) is 3.75. The zero-order valence-electron chi connectivity index (χ0n) is 9.55. The molecule has 0 unspecified atom stereocenters. The van der Waals surface area contributed by atoms with Gasteiger partial charge in [0.25, 0.3) is 0 Å². The molecule has 0 amide bonds. The molecule has 3 N–H and O–H groups in total. The van der Waals surface area contributed by atoms with E-state index in [4.69, 9.17) is 10.5 Å². The summed E-state index contributed by atoms with van der Waals surface area (Å²) in [5.41, 5.74) is 5.64. The molecule has 0 bridgehead atoms. The van der Waals surface area contributed by atoms with Crippen LogP contribution in [0.15, 0.2) is 4.99 Å². The molecule has 0 rings (SSSR count). The lowest BCUT2D eigenvalue weighted by Crippen LogP contribution is -2.32. The van der Waals surface area contributed by atoms with Gasteiger partial charge in [-0.25, -0.2) is 0 Å². The number of hydrogen-bond acceptors (Lipinski definition) is 2. The second kappa shape index (κ2) is 8.81. The van der Waals surface area contributed by atoms with Crippen LogP contribution in [0.25, 0.3) is 0 Å². The highest BCUT2D eigenvalue weighted by Gasteiger charge is 1.93. The number of aliphatic imine (C=N–C) groups is 1. The molecular weight excluding hydrogens is 178 g/mol. The van der Waals surface area contributed by atoms with E-state index in [9.17, 15) is 0 Å². The van der Waals surface area contributed by atoms with Gasteiger partial charge in [-0.1, -0.05) is 13.8 Å². The van der Waals surface area contributed by atoms with E-state index >= 15 is 0 Å². The van der Waals surface area contributed by atoms with Gasteiger partial charge < -0.3 is 15.8 Å². The van der Waals surface area contributed by atoms with Crippen molar-refractivity contribution >= 4 is 5.96 Å². The normalized spacial score (nSPS) is 12.1. The quantitative estimate of drug-likeness (QED) is 0.366. The van der Waals surface area contributed by atoms with Gasteiger partial charge in [-0.2, -0.15) is 0 Å². The number of guanidine groups is 1. The van der Waals surface area contributed by atoms with Crippen LogP contribution in [0.3, 0.4) is 0 Å². The molecule has 0 spiro atoms. The molecule has 4 nitrogen and oxygen atoms in total.